The van der Waals surface area contributed by atoms with Gasteiger partial charge in [0.25, 0.3) is 0 Å². The lowest BCUT2D eigenvalue weighted by Gasteiger charge is -2.12. The average Bonchev–Trinajstić information content (AvgIpc) is 2.75. The van der Waals surface area contributed by atoms with Crippen LogP contribution in [0.1, 0.15) is 16.1 Å². The lowest BCUT2D eigenvalue weighted by atomic mass is 10.2. The van der Waals surface area contributed by atoms with Crippen LogP contribution in [0.15, 0.2) is 60.8 Å². The van der Waals surface area contributed by atoms with Gasteiger partial charge >= 0.3 is 24.3 Å². The molecule has 0 aliphatic heterocycles. The minimum Gasteiger partial charge on any atom is -0.506 e. The minimum atomic E-state index is -4.64. The van der Waals surface area contributed by atoms with Crippen LogP contribution in [0.3, 0.4) is 0 Å². The maximum Gasteiger partial charge on any atom is 0.416 e. The van der Waals surface area contributed by atoms with Crippen LogP contribution in [0.25, 0.3) is 0 Å². The van der Waals surface area contributed by atoms with E-state index in [2.05, 4.69) is 20.4 Å². The van der Waals surface area contributed by atoms with E-state index in [-0.39, 0.29) is 17.1 Å². The highest BCUT2D eigenvalue weighted by Crippen LogP contribution is 2.34. The number of aromatic hydroxyl groups is 1. The van der Waals surface area contributed by atoms with Crippen LogP contribution in [0.4, 0.5) is 34.1 Å². The highest BCUT2D eigenvalue weighted by molar-refractivity contribution is 6.00. The number of alkyl halides is 3. The molecule has 0 saturated heterocycles. The number of phenolic OH excluding ortho intramolecular Hbond substituents is 1. The second-order valence-corrected chi connectivity index (χ2v) is 6.52. The number of anilines is 2. The molecule has 2 aromatic carbocycles. The molecule has 0 aliphatic carbocycles. The summed E-state index contributed by atoms with van der Waals surface area (Å²) in [5.74, 6) is -1.12. The highest BCUT2D eigenvalue weighted by atomic mass is 19.4. The zero-order valence-electron chi connectivity index (χ0n) is 16.9. The quantitative estimate of drug-likeness (QED) is 0.241. The molecule has 13 heteroatoms. The fourth-order valence-electron chi connectivity index (χ4n) is 2.57. The van der Waals surface area contributed by atoms with Crippen molar-refractivity contribution in [1.82, 2.24) is 4.98 Å². The predicted octanol–water partition coefficient (Wildman–Crippen LogP) is 4.48. The standard InChI is InChI=1S/C21H15F3N4O6/c22-21(23,24)11-1-6-17(29)15(9-11)28-20(32)27-12-2-4-13(5-3-12)33-14-7-8-26-16(10-14)18(30)34-19(25)31/h1-10,29H,(H2,25,31)(H2,27,28,32). The van der Waals surface area contributed by atoms with Crippen molar-refractivity contribution >= 4 is 29.5 Å². The predicted molar refractivity (Wildman–Crippen MR) is 112 cm³/mol. The van der Waals surface area contributed by atoms with Gasteiger partial charge in [-0.2, -0.15) is 13.2 Å². The third-order valence-corrected chi connectivity index (χ3v) is 4.05. The van der Waals surface area contributed by atoms with Crippen molar-refractivity contribution in [3.8, 4) is 17.2 Å². The Morgan fingerprint density at radius 2 is 1.65 bits per heavy atom. The van der Waals surface area contributed by atoms with Gasteiger partial charge in [-0.15, -0.1) is 0 Å². The van der Waals surface area contributed by atoms with Gasteiger partial charge in [-0.3, -0.25) is 0 Å². The molecular weight excluding hydrogens is 461 g/mol. The first-order valence-corrected chi connectivity index (χ1v) is 9.25. The Bertz CT molecular complexity index is 1230. The number of nitrogens with zero attached hydrogens (tertiary/aromatic N) is 1. The molecule has 0 unspecified atom stereocenters. The van der Waals surface area contributed by atoms with Crippen LogP contribution in [0.5, 0.6) is 17.2 Å². The molecule has 10 nitrogen and oxygen atoms in total. The smallest absolute Gasteiger partial charge is 0.416 e. The molecule has 0 atom stereocenters. The molecule has 3 aromatic rings. The number of carbonyl (C=O) groups excluding carboxylic acids is 3. The summed E-state index contributed by atoms with van der Waals surface area (Å²) in [6.07, 6.45) is -4.68. The molecule has 5 N–H and O–H groups in total. The van der Waals surface area contributed by atoms with Gasteiger partial charge in [-0.1, -0.05) is 0 Å². The number of hydrogen-bond donors (Lipinski definition) is 4. The number of hydrogen-bond acceptors (Lipinski definition) is 7. The molecule has 3 rings (SSSR count). The molecule has 1 aromatic heterocycles. The largest absolute Gasteiger partial charge is 0.506 e. The lowest BCUT2D eigenvalue weighted by molar-refractivity contribution is -0.137. The zero-order chi connectivity index (χ0) is 24.9. The van der Waals surface area contributed by atoms with Crippen molar-refractivity contribution < 1.29 is 42.1 Å². The van der Waals surface area contributed by atoms with Gasteiger partial charge < -0.3 is 30.9 Å². The molecule has 0 bridgehead atoms. The number of benzene rings is 2. The van der Waals surface area contributed by atoms with Gasteiger partial charge in [-0.25, -0.2) is 19.4 Å². The van der Waals surface area contributed by atoms with Crippen molar-refractivity contribution in [2.45, 2.75) is 6.18 Å². The van der Waals surface area contributed by atoms with E-state index in [0.717, 1.165) is 6.07 Å². The zero-order valence-corrected chi connectivity index (χ0v) is 16.9. The average molecular weight is 476 g/mol. The first-order chi connectivity index (χ1) is 16.0. The second kappa shape index (κ2) is 9.77. The number of rotatable bonds is 5. The van der Waals surface area contributed by atoms with Crippen LogP contribution in [-0.4, -0.2) is 28.2 Å². The maximum atomic E-state index is 12.8. The molecule has 0 spiro atoms. The summed E-state index contributed by atoms with van der Waals surface area (Å²) in [6.45, 7) is 0. The fourth-order valence-corrected chi connectivity index (χ4v) is 2.57. The molecule has 34 heavy (non-hydrogen) atoms. The van der Waals surface area contributed by atoms with Crippen molar-refractivity contribution in [3.63, 3.8) is 0 Å². The third-order valence-electron chi connectivity index (χ3n) is 4.05. The van der Waals surface area contributed by atoms with Gasteiger partial charge in [0.15, 0.2) is 5.69 Å². The number of halogens is 3. The van der Waals surface area contributed by atoms with E-state index in [1.54, 1.807) is 0 Å². The topological polar surface area (TPSA) is 153 Å². The van der Waals surface area contributed by atoms with Gasteiger partial charge in [0.1, 0.15) is 17.2 Å². The molecule has 0 radical (unpaired) electrons. The Kier molecular flexibility index (Phi) is 6.85. The van der Waals surface area contributed by atoms with Crippen molar-refractivity contribution in [2.24, 2.45) is 5.73 Å². The summed E-state index contributed by atoms with van der Waals surface area (Å²) < 4.78 is 48.3. The number of carbonyl (C=O) groups is 3. The number of urea groups is 1. The van der Waals surface area contributed by atoms with Gasteiger partial charge in [0, 0.05) is 18.0 Å². The van der Waals surface area contributed by atoms with E-state index >= 15 is 0 Å². The Morgan fingerprint density at radius 3 is 2.29 bits per heavy atom. The monoisotopic (exact) mass is 476 g/mol. The Hall–Kier alpha value is -4.81. The van der Waals surface area contributed by atoms with E-state index in [9.17, 15) is 32.7 Å². The van der Waals surface area contributed by atoms with Crippen LogP contribution in [-0.2, 0) is 10.9 Å². The number of nitrogens with one attached hydrogen (secondary N) is 2. The number of phenols is 1. The molecule has 1 heterocycles. The summed E-state index contributed by atoms with van der Waals surface area (Å²) in [5.41, 5.74) is 3.37. The van der Waals surface area contributed by atoms with Crippen molar-refractivity contribution in [1.29, 1.82) is 0 Å². The van der Waals surface area contributed by atoms with Gasteiger partial charge in [-0.05, 0) is 48.5 Å². The van der Waals surface area contributed by atoms with Crippen LogP contribution in [0.2, 0.25) is 0 Å². The number of nitrogens with two attached hydrogens (primary N) is 1. The maximum absolute atomic E-state index is 12.8. The number of esters is 1. The van der Waals surface area contributed by atoms with Crippen molar-refractivity contribution in [2.75, 3.05) is 10.6 Å². The van der Waals surface area contributed by atoms with Crippen molar-refractivity contribution in [3.05, 3.63) is 72.1 Å². The van der Waals surface area contributed by atoms with E-state index in [1.807, 2.05) is 0 Å². The molecular formula is C21H15F3N4O6. The van der Waals surface area contributed by atoms with E-state index in [4.69, 9.17) is 10.5 Å². The first-order valence-electron chi connectivity index (χ1n) is 9.25. The second-order valence-electron chi connectivity index (χ2n) is 6.52. The highest BCUT2D eigenvalue weighted by Gasteiger charge is 2.31. The SMILES string of the molecule is NC(=O)OC(=O)c1cc(Oc2ccc(NC(=O)Nc3cc(C(F)(F)F)ccc3O)cc2)ccn1. The molecule has 0 saturated carbocycles. The molecule has 3 amide bonds. The summed E-state index contributed by atoms with van der Waals surface area (Å²) in [7, 11) is 0. The number of amides is 3. The Balaban J connectivity index is 1.63. The van der Waals surface area contributed by atoms with E-state index in [0.29, 0.717) is 17.9 Å². The number of primary amides is 1. The third kappa shape index (κ3) is 6.35. The normalized spacial score (nSPS) is 10.8. The van der Waals surface area contributed by atoms with Gasteiger partial charge in [0.05, 0.1) is 11.3 Å². The van der Waals surface area contributed by atoms with E-state index < -0.39 is 41.3 Å². The van der Waals surface area contributed by atoms with Crippen LogP contribution in [0, 0.1) is 0 Å². The summed E-state index contributed by atoms with van der Waals surface area (Å²) in [4.78, 5) is 38.2. The summed E-state index contributed by atoms with van der Waals surface area (Å²) in [6, 6.07) is 9.65. The molecule has 0 fully saturated rings. The number of aromatic nitrogens is 1. The number of pyridine rings is 1. The molecule has 176 valence electrons. The minimum absolute atomic E-state index is 0.185. The fraction of sp³-hybridized carbons (Fsp3) is 0.0476. The van der Waals surface area contributed by atoms with E-state index in [1.165, 1.54) is 42.6 Å². The van der Waals surface area contributed by atoms with Crippen LogP contribution >= 0.6 is 0 Å². The number of ether oxygens (including phenoxy) is 2. The Labute approximate surface area is 189 Å². The summed E-state index contributed by atoms with van der Waals surface area (Å²) in [5, 5.41) is 14.2. The molecule has 0 aliphatic rings. The Morgan fingerprint density at radius 1 is 0.941 bits per heavy atom. The first kappa shape index (κ1) is 23.8. The van der Waals surface area contributed by atoms with Crippen LogP contribution < -0.4 is 21.1 Å². The van der Waals surface area contributed by atoms with Gasteiger partial charge in [0.2, 0.25) is 0 Å². The summed E-state index contributed by atoms with van der Waals surface area (Å²) >= 11 is 0. The lowest BCUT2D eigenvalue weighted by Crippen LogP contribution is -2.20.